The van der Waals surface area contributed by atoms with Gasteiger partial charge in [-0.15, -0.1) is 0 Å². The average Bonchev–Trinajstić information content (AvgIpc) is 3.46. The van der Waals surface area contributed by atoms with Gasteiger partial charge in [-0.05, 0) is 73.2 Å². The van der Waals surface area contributed by atoms with Gasteiger partial charge >= 0.3 is 0 Å². The Morgan fingerprint density at radius 2 is 1.67 bits per heavy atom. The van der Waals surface area contributed by atoms with Crippen molar-refractivity contribution >= 4 is 22.8 Å². The first kappa shape index (κ1) is 24.5. The summed E-state index contributed by atoms with van der Waals surface area (Å²) in [5.41, 5.74) is 2.28. The normalized spacial score (nSPS) is 18.2. The highest BCUT2D eigenvalue weighted by atomic mass is 16.5. The molecule has 0 aliphatic carbocycles. The summed E-state index contributed by atoms with van der Waals surface area (Å²) in [6, 6.07) is 23.0. The predicted molar refractivity (Wildman–Crippen MR) is 145 cm³/mol. The van der Waals surface area contributed by atoms with Gasteiger partial charge in [-0.1, -0.05) is 60.7 Å². The van der Waals surface area contributed by atoms with Gasteiger partial charge in [0, 0.05) is 31.3 Å². The fourth-order valence-corrected chi connectivity index (χ4v) is 5.40. The lowest BCUT2D eigenvalue weighted by atomic mass is 9.88. The summed E-state index contributed by atoms with van der Waals surface area (Å²) in [5, 5.41) is 13.3. The highest BCUT2D eigenvalue weighted by Crippen LogP contribution is 2.30. The monoisotopic (exact) mass is 484 g/mol. The molecule has 2 heterocycles. The fourth-order valence-electron chi connectivity index (χ4n) is 5.40. The van der Waals surface area contributed by atoms with Crippen molar-refractivity contribution in [2.45, 2.75) is 37.7 Å². The molecule has 188 valence electrons. The number of β-amino-alcohol motifs (C(OH)–C–C–N with tert-alkyl or cyclic N) is 1. The van der Waals surface area contributed by atoms with Crippen molar-refractivity contribution < 1.29 is 14.6 Å². The van der Waals surface area contributed by atoms with Gasteiger partial charge in [0.1, 0.15) is 18.5 Å². The van der Waals surface area contributed by atoms with Crippen molar-refractivity contribution in [3.05, 3.63) is 83.9 Å². The maximum absolute atomic E-state index is 12.3. The molecule has 0 radical (unpaired) electrons. The third-order valence-corrected chi connectivity index (χ3v) is 7.47. The molecule has 0 saturated carbocycles. The van der Waals surface area contributed by atoms with E-state index in [9.17, 15) is 9.90 Å². The largest absolute Gasteiger partial charge is 0.490 e. The van der Waals surface area contributed by atoms with Gasteiger partial charge in [-0.3, -0.25) is 4.79 Å². The average molecular weight is 485 g/mol. The van der Waals surface area contributed by atoms with E-state index >= 15 is 0 Å². The van der Waals surface area contributed by atoms with Crippen LogP contribution in [-0.2, 0) is 4.79 Å². The highest BCUT2D eigenvalue weighted by molar-refractivity contribution is 5.92. The number of ether oxygens (including phenoxy) is 1. The number of rotatable bonds is 8. The highest BCUT2D eigenvalue weighted by Gasteiger charge is 2.23. The van der Waals surface area contributed by atoms with Crippen LogP contribution < -0.4 is 4.74 Å². The van der Waals surface area contributed by atoms with Gasteiger partial charge in [-0.25, -0.2) is 0 Å². The Balaban J connectivity index is 1.10. The number of para-hydroxylation sites is 1. The number of benzene rings is 3. The van der Waals surface area contributed by atoms with E-state index in [1.807, 2.05) is 35.2 Å². The Hall–Kier alpha value is -3.15. The fraction of sp³-hybridized carbons (Fsp3) is 0.387. The van der Waals surface area contributed by atoms with Crippen LogP contribution in [0, 0.1) is 0 Å². The number of carbonyl (C=O) groups is 1. The summed E-state index contributed by atoms with van der Waals surface area (Å²) in [4.78, 5) is 16.6. The summed E-state index contributed by atoms with van der Waals surface area (Å²) in [6.45, 7) is 4.48. The summed E-state index contributed by atoms with van der Waals surface area (Å²) in [7, 11) is 0. The van der Waals surface area contributed by atoms with Crippen molar-refractivity contribution in [1.82, 2.24) is 9.80 Å². The smallest absolute Gasteiger partial charge is 0.246 e. The Morgan fingerprint density at radius 1 is 0.944 bits per heavy atom. The lowest BCUT2D eigenvalue weighted by Crippen LogP contribution is -2.40. The Labute approximate surface area is 214 Å². The van der Waals surface area contributed by atoms with E-state index in [1.165, 1.54) is 16.3 Å². The van der Waals surface area contributed by atoms with Crippen molar-refractivity contribution in [1.29, 1.82) is 0 Å². The number of amides is 1. The van der Waals surface area contributed by atoms with E-state index < -0.39 is 6.10 Å². The second-order valence-corrected chi connectivity index (χ2v) is 10.0. The molecule has 0 bridgehead atoms. The number of carbonyl (C=O) groups excluding carboxylic acids is 1. The molecule has 1 atom stereocenters. The second kappa shape index (κ2) is 11.7. The van der Waals surface area contributed by atoms with E-state index in [2.05, 4.69) is 47.4 Å². The lowest BCUT2D eigenvalue weighted by Gasteiger charge is -2.33. The number of aliphatic hydroxyl groups is 1. The zero-order valence-electron chi connectivity index (χ0n) is 20.9. The molecule has 36 heavy (non-hydrogen) atoms. The molecule has 2 aliphatic rings. The van der Waals surface area contributed by atoms with Crippen molar-refractivity contribution in [2.24, 2.45) is 0 Å². The van der Waals surface area contributed by atoms with E-state index in [1.54, 1.807) is 6.08 Å². The zero-order valence-corrected chi connectivity index (χ0v) is 20.9. The molecule has 2 fully saturated rings. The molecule has 0 aromatic heterocycles. The molecule has 3 aromatic carbocycles. The molecular formula is C31H36N2O3. The Morgan fingerprint density at radius 3 is 2.47 bits per heavy atom. The molecule has 5 rings (SSSR count). The summed E-state index contributed by atoms with van der Waals surface area (Å²) in [6.07, 6.45) is 7.25. The topological polar surface area (TPSA) is 53.0 Å². The van der Waals surface area contributed by atoms with E-state index in [-0.39, 0.29) is 12.5 Å². The van der Waals surface area contributed by atoms with Gasteiger partial charge in [-0.2, -0.15) is 0 Å². The van der Waals surface area contributed by atoms with Gasteiger partial charge in [0.2, 0.25) is 5.91 Å². The molecule has 0 spiro atoms. The van der Waals surface area contributed by atoms with Crippen LogP contribution in [0.1, 0.15) is 42.7 Å². The first-order valence-electron chi connectivity index (χ1n) is 13.2. The molecule has 1 amide bonds. The van der Waals surface area contributed by atoms with Crippen LogP contribution in [-0.4, -0.2) is 66.2 Å². The number of piperidine rings is 1. The van der Waals surface area contributed by atoms with E-state index in [0.717, 1.165) is 57.4 Å². The van der Waals surface area contributed by atoms with Crippen LogP contribution >= 0.6 is 0 Å². The molecule has 1 N–H and O–H groups in total. The number of hydrogen-bond donors (Lipinski definition) is 1. The minimum Gasteiger partial charge on any atom is -0.490 e. The molecule has 5 heteroatoms. The molecule has 5 nitrogen and oxygen atoms in total. The molecule has 2 saturated heterocycles. The first-order valence-corrected chi connectivity index (χ1v) is 13.2. The minimum absolute atomic E-state index is 0.0504. The van der Waals surface area contributed by atoms with Crippen LogP contribution in [0.3, 0.4) is 0 Å². The summed E-state index contributed by atoms with van der Waals surface area (Å²) >= 11 is 0. The quantitative estimate of drug-likeness (QED) is 0.452. The van der Waals surface area contributed by atoms with Crippen LogP contribution in [0.2, 0.25) is 0 Å². The Kier molecular flexibility index (Phi) is 7.99. The van der Waals surface area contributed by atoms with Crippen LogP contribution in [0.25, 0.3) is 16.8 Å². The van der Waals surface area contributed by atoms with Crippen molar-refractivity contribution in [3.8, 4) is 5.75 Å². The van der Waals surface area contributed by atoms with Crippen LogP contribution in [0.5, 0.6) is 5.75 Å². The van der Waals surface area contributed by atoms with Crippen molar-refractivity contribution in [2.75, 3.05) is 39.3 Å². The minimum atomic E-state index is -0.564. The number of hydrogen-bond acceptors (Lipinski definition) is 4. The van der Waals surface area contributed by atoms with Gasteiger partial charge in [0.05, 0.1) is 0 Å². The maximum atomic E-state index is 12.3. The molecule has 1 unspecified atom stereocenters. The summed E-state index contributed by atoms with van der Waals surface area (Å²) < 4.78 is 5.98. The molecular weight excluding hydrogens is 448 g/mol. The first-order chi connectivity index (χ1) is 17.7. The number of fused-ring (bicyclic) bond motifs is 1. The molecule has 2 aliphatic heterocycles. The number of nitrogens with zero attached hydrogens (tertiary/aromatic N) is 2. The number of likely N-dealkylation sites (tertiary alicyclic amines) is 2. The Bertz CT molecular complexity index is 1190. The lowest BCUT2D eigenvalue weighted by molar-refractivity contribution is -0.124. The summed E-state index contributed by atoms with van der Waals surface area (Å²) in [5.74, 6) is 1.31. The SMILES string of the molecule is O=C(C=Cc1ccccc1OCC(O)CN1CCC(c2ccc3ccccc3c2)CC1)N1CCCC1. The molecule has 3 aromatic rings. The maximum Gasteiger partial charge on any atom is 0.246 e. The van der Waals surface area contributed by atoms with Crippen LogP contribution in [0.4, 0.5) is 0 Å². The standard InChI is InChI=1S/C31H36N2O3/c34-29(23-36-30-10-4-3-8-26(30)13-14-31(35)33-17-5-6-18-33)22-32-19-15-25(16-20-32)28-12-11-24-7-1-2-9-27(24)21-28/h1-4,7-14,21,25,29,34H,5-6,15-20,22-23H2. The third-order valence-electron chi connectivity index (χ3n) is 7.47. The third kappa shape index (κ3) is 6.15. The van der Waals surface area contributed by atoms with E-state index in [4.69, 9.17) is 4.74 Å². The van der Waals surface area contributed by atoms with Crippen LogP contribution in [0.15, 0.2) is 72.8 Å². The number of aliphatic hydroxyl groups excluding tert-OH is 1. The van der Waals surface area contributed by atoms with E-state index in [0.29, 0.717) is 18.2 Å². The van der Waals surface area contributed by atoms with Crippen molar-refractivity contribution in [3.63, 3.8) is 0 Å². The van der Waals surface area contributed by atoms with Gasteiger partial charge < -0.3 is 19.6 Å². The van der Waals surface area contributed by atoms with Gasteiger partial charge in [0.25, 0.3) is 0 Å². The second-order valence-electron chi connectivity index (χ2n) is 10.0. The zero-order chi connectivity index (χ0) is 24.7. The van der Waals surface area contributed by atoms with Gasteiger partial charge in [0.15, 0.2) is 0 Å². The predicted octanol–water partition coefficient (Wildman–Crippen LogP) is 5.09.